The second-order valence-corrected chi connectivity index (χ2v) is 3.75. The summed E-state index contributed by atoms with van der Waals surface area (Å²) >= 11 is 0. The van der Waals surface area contributed by atoms with E-state index in [0.29, 0.717) is 6.29 Å². The molecule has 0 rings (SSSR count). The molecule has 0 amide bonds. The molecule has 0 heterocycles. The van der Waals surface area contributed by atoms with Gasteiger partial charge in [0.15, 0.2) is 23.6 Å². The van der Waals surface area contributed by atoms with Crippen LogP contribution in [0, 0.1) is 0 Å². The number of carbonyl (C=O) groups excluding carboxylic acids is 4. The predicted molar refractivity (Wildman–Crippen MR) is 68.8 cm³/mol. The molecule has 0 aliphatic heterocycles. The molecule has 0 bridgehead atoms. The van der Waals surface area contributed by atoms with Crippen molar-refractivity contribution in [1.29, 1.82) is 0 Å². The molecule has 115 valence electrons. The molecule has 0 aromatic rings. The van der Waals surface area contributed by atoms with Crippen LogP contribution in [0.5, 0.6) is 0 Å². The number of hydrogen-bond donors (Lipinski definition) is 2. The Kier molecular flexibility index (Phi) is 13.0. The third-order valence-electron chi connectivity index (χ3n) is 1.95. The molecule has 0 fully saturated rings. The van der Waals surface area contributed by atoms with Crippen molar-refractivity contribution < 1.29 is 46.2 Å². The Bertz CT molecular complexity index is 435. The van der Waals surface area contributed by atoms with Crippen molar-refractivity contribution in [2.75, 3.05) is 0 Å². The largest absolute Gasteiger partial charge is 0.512 e. The molecule has 0 unspecified atom stereocenters. The summed E-state index contributed by atoms with van der Waals surface area (Å²) in [7, 11) is 0. The second-order valence-electron chi connectivity index (χ2n) is 3.75. The molecule has 0 aromatic carbocycles. The molecule has 0 aliphatic rings. The standard InChI is InChI=1S/C7H10O3.C6H8O3.Co/c1-4(8)7(5(2)9)6(3)10;1-4(8)6(3-7)5(2)9;/h8H,1-3H3;3,8H,1-2H3;/b;6-4+;. The number of carbonyl (C=O) groups is 4. The maximum absolute atomic E-state index is 10.6. The fourth-order valence-corrected chi connectivity index (χ4v) is 1.18. The summed E-state index contributed by atoms with van der Waals surface area (Å²) in [5, 5.41) is 17.4. The first-order chi connectivity index (χ1) is 8.56. The van der Waals surface area contributed by atoms with Gasteiger partial charge in [0.1, 0.15) is 11.5 Å². The normalized spacial score (nSPS) is 9.85. The molecular weight excluding hydrogens is 311 g/mol. The predicted octanol–water partition coefficient (Wildman–Crippen LogP) is 1.60. The molecular formula is C13H18CoO6. The number of hydrogen-bond acceptors (Lipinski definition) is 6. The molecule has 0 atom stereocenters. The van der Waals surface area contributed by atoms with Crippen molar-refractivity contribution in [2.24, 2.45) is 0 Å². The van der Waals surface area contributed by atoms with Crippen LogP contribution >= 0.6 is 0 Å². The van der Waals surface area contributed by atoms with E-state index in [-0.39, 0.29) is 39.4 Å². The molecule has 6 nitrogen and oxygen atoms in total. The maximum atomic E-state index is 10.6. The number of aliphatic hydroxyl groups excluding tert-OH is 2. The van der Waals surface area contributed by atoms with E-state index in [4.69, 9.17) is 10.2 Å². The van der Waals surface area contributed by atoms with Gasteiger partial charge in [0.2, 0.25) is 0 Å². The van der Waals surface area contributed by atoms with Crippen molar-refractivity contribution in [2.45, 2.75) is 34.6 Å². The van der Waals surface area contributed by atoms with Crippen LogP contribution in [-0.2, 0) is 36.0 Å². The van der Waals surface area contributed by atoms with Gasteiger partial charge in [0.05, 0.1) is 11.1 Å². The number of aliphatic hydroxyl groups is 2. The molecule has 0 aromatic heterocycles. The quantitative estimate of drug-likeness (QED) is 0.267. The van der Waals surface area contributed by atoms with Gasteiger partial charge in [0.25, 0.3) is 0 Å². The van der Waals surface area contributed by atoms with Gasteiger partial charge in [-0.15, -0.1) is 0 Å². The smallest absolute Gasteiger partial charge is 0.166 e. The van der Waals surface area contributed by atoms with E-state index < -0.39 is 17.3 Å². The van der Waals surface area contributed by atoms with E-state index in [1.54, 1.807) is 0 Å². The van der Waals surface area contributed by atoms with Gasteiger partial charge >= 0.3 is 0 Å². The average molecular weight is 329 g/mol. The average Bonchev–Trinajstić information content (AvgIpc) is 2.15. The van der Waals surface area contributed by atoms with Crippen LogP contribution in [0.25, 0.3) is 0 Å². The van der Waals surface area contributed by atoms with Gasteiger partial charge in [-0.25, -0.2) is 0 Å². The Morgan fingerprint density at radius 3 is 1.10 bits per heavy atom. The van der Waals surface area contributed by atoms with Crippen molar-refractivity contribution >= 4 is 23.6 Å². The summed E-state index contributed by atoms with van der Waals surface area (Å²) in [5.74, 6) is -1.64. The van der Waals surface area contributed by atoms with Gasteiger partial charge in [-0.1, -0.05) is 0 Å². The molecule has 20 heavy (non-hydrogen) atoms. The number of Topliss-reactive ketones (excluding diaryl/α,β-unsaturated/α-hetero) is 3. The van der Waals surface area contributed by atoms with Gasteiger partial charge in [-0.2, -0.15) is 0 Å². The van der Waals surface area contributed by atoms with E-state index in [1.165, 1.54) is 34.6 Å². The van der Waals surface area contributed by atoms with Crippen LogP contribution in [0.4, 0.5) is 0 Å². The van der Waals surface area contributed by atoms with E-state index in [2.05, 4.69) is 0 Å². The van der Waals surface area contributed by atoms with Crippen molar-refractivity contribution in [3.8, 4) is 0 Å². The van der Waals surface area contributed by atoms with Gasteiger partial charge in [0, 0.05) is 16.8 Å². The second kappa shape index (κ2) is 11.1. The fourth-order valence-electron chi connectivity index (χ4n) is 1.18. The van der Waals surface area contributed by atoms with Gasteiger partial charge in [-0.3, -0.25) is 19.2 Å². The minimum atomic E-state index is -0.412. The monoisotopic (exact) mass is 329 g/mol. The maximum Gasteiger partial charge on any atom is 0.166 e. The first kappa shape index (κ1) is 23.4. The van der Waals surface area contributed by atoms with Crippen molar-refractivity contribution in [3.63, 3.8) is 0 Å². The van der Waals surface area contributed by atoms with Gasteiger partial charge in [-0.05, 0) is 34.6 Å². The van der Waals surface area contributed by atoms with Crippen LogP contribution < -0.4 is 0 Å². The van der Waals surface area contributed by atoms with E-state index in [0.717, 1.165) is 0 Å². The third-order valence-corrected chi connectivity index (χ3v) is 1.95. The summed E-state index contributed by atoms with van der Waals surface area (Å²) in [4.78, 5) is 41.5. The van der Waals surface area contributed by atoms with Crippen molar-refractivity contribution in [1.82, 2.24) is 0 Å². The fraction of sp³-hybridized carbons (Fsp3) is 0.385. The number of allylic oxidation sites excluding steroid dienone is 4. The Balaban J connectivity index is -0.000000277. The van der Waals surface area contributed by atoms with Crippen molar-refractivity contribution in [3.05, 3.63) is 22.7 Å². The van der Waals surface area contributed by atoms with Crippen LogP contribution in [0.2, 0.25) is 0 Å². The zero-order valence-electron chi connectivity index (χ0n) is 11.9. The first-order valence-corrected chi connectivity index (χ1v) is 5.33. The molecule has 2 N–H and O–H groups in total. The SMILES string of the molecule is CC(=O)/C(C=O)=C(\C)O.CC(=O)C(C(C)=O)=C(C)O.[Co]. The van der Waals surface area contributed by atoms with Crippen LogP contribution in [-0.4, -0.2) is 33.8 Å². The Hall–Kier alpha value is -1.73. The van der Waals surface area contributed by atoms with Gasteiger partial charge < -0.3 is 10.2 Å². The summed E-state index contributed by atoms with van der Waals surface area (Å²) < 4.78 is 0. The Morgan fingerprint density at radius 1 is 0.750 bits per heavy atom. The number of ketones is 3. The van der Waals surface area contributed by atoms with Crippen LogP contribution in [0.1, 0.15) is 34.6 Å². The summed E-state index contributed by atoms with van der Waals surface area (Å²) in [6, 6.07) is 0. The first-order valence-electron chi connectivity index (χ1n) is 5.33. The zero-order chi connectivity index (χ0) is 15.7. The summed E-state index contributed by atoms with van der Waals surface area (Å²) in [5.41, 5.74) is -0.269. The molecule has 1 radical (unpaired) electrons. The van der Waals surface area contributed by atoms with E-state index >= 15 is 0 Å². The van der Waals surface area contributed by atoms with E-state index in [9.17, 15) is 19.2 Å². The minimum Gasteiger partial charge on any atom is -0.512 e. The zero-order valence-corrected chi connectivity index (χ0v) is 13.0. The summed E-state index contributed by atoms with van der Waals surface area (Å²) in [6.07, 6.45) is 0.345. The summed E-state index contributed by atoms with van der Waals surface area (Å²) in [6.45, 7) is 6.33. The third kappa shape index (κ3) is 9.23. The Morgan fingerprint density at radius 2 is 1.10 bits per heavy atom. The molecule has 0 saturated heterocycles. The van der Waals surface area contributed by atoms with Crippen LogP contribution in [0.3, 0.4) is 0 Å². The van der Waals surface area contributed by atoms with Crippen LogP contribution in [0.15, 0.2) is 22.7 Å². The number of aldehydes is 1. The minimum absolute atomic E-state index is 0. The topological polar surface area (TPSA) is 109 Å². The molecule has 0 saturated carbocycles. The van der Waals surface area contributed by atoms with E-state index in [1.807, 2.05) is 0 Å². The molecule has 7 heteroatoms. The Labute approximate surface area is 127 Å². The number of rotatable bonds is 4. The molecule has 0 spiro atoms. The molecule has 0 aliphatic carbocycles.